The molecule has 1 N–H and O–H groups in total. The fourth-order valence-electron chi connectivity index (χ4n) is 3.80. The second-order valence-corrected chi connectivity index (χ2v) is 7.87. The molecule has 1 heterocycles. The van der Waals surface area contributed by atoms with Crippen molar-refractivity contribution < 1.29 is 0 Å². The van der Waals surface area contributed by atoms with Crippen LogP contribution in [0.2, 0.25) is 0 Å². The number of nitrogens with zero attached hydrogens (tertiary/aromatic N) is 1. The highest BCUT2D eigenvalue weighted by molar-refractivity contribution is 4.92. The van der Waals surface area contributed by atoms with Crippen molar-refractivity contribution in [3.8, 4) is 0 Å². The highest BCUT2D eigenvalue weighted by atomic mass is 15.2. The molecule has 0 aromatic carbocycles. The zero-order chi connectivity index (χ0) is 13.9. The Bertz CT molecular complexity index is 263. The van der Waals surface area contributed by atoms with E-state index >= 15 is 0 Å². The summed E-state index contributed by atoms with van der Waals surface area (Å²) in [5, 5.41) is 3.81. The average Bonchev–Trinajstić information content (AvgIpc) is 2.83. The average molecular weight is 266 g/mol. The highest BCUT2D eigenvalue weighted by Crippen LogP contribution is 2.29. The first-order valence-corrected chi connectivity index (χ1v) is 8.48. The van der Waals surface area contributed by atoms with E-state index in [-0.39, 0.29) is 0 Å². The van der Waals surface area contributed by atoms with E-state index in [9.17, 15) is 0 Å². The van der Waals surface area contributed by atoms with Crippen LogP contribution >= 0.6 is 0 Å². The van der Waals surface area contributed by atoms with Gasteiger partial charge in [0.05, 0.1) is 0 Å². The molecule has 1 saturated heterocycles. The van der Waals surface area contributed by atoms with Crippen molar-refractivity contribution in [3.63, 3.8) is 0 Å². The molecule has 0 aromatic heterocycles. The lowest BCUT2D eigenvalue weighted by Gasteiger charge is -2.46. The molecule has 112 valence electrons. The summed E-state index contributed by atoms with van der Waals surface area (Å²) >= 11 is 0. The minimum atomic E-state index is 0.380. The standard InChI is InChI=1S/C17H34N2/c1-5-8-15-11-18-16(17(2,3)4)13-19(15)12-14-9-6-7-10-14/h14-16,18H,5-13H2,1-4H3. The van der Waals surface area contributed by atoms with Gasteiger partial charge in [-0.2, -0.15) is 0 Å². The van der Waals surface area contributed by atoms with E-state index < -0.39 is 0 Å². The van der Waals surface area contributed by atoms with Gasteiger partial charge in [-0.05, 0) is 30.6 Å². The van der Waals surface area contributed by atoms with Crippen LogP contribution in [0.15, 0.2) is 0 Å². The molecular weight excluding hydrogens is 232 g/mol. The minimum absolute atomic E-state index is 0.380. The Hall–Kier alpha value is -0.0800. The van der Waals surface area contributed by atoms with Gasteiger partial charge in [-0.1, -0.05) is 47.0 Å². The zero-order valence-corrected chi connectivity index (χ0v) is 13.5. The van der Waals surface area contributed by atoms with Crippen molar-refractivity contribution in [2.45, 2.75) is 78.3 Å². The van der Waals surface area contributed by atoms with Crippen LogP contribution in [0.25, 0.3) is 0 Å². The molecule has 0 spiro atoms. The predicted molar refractivity (Wildman–Crippen MR) is 83.5 cm³/mol. The van der Waals surface area contributed by atoms with Gasteiger partial charge in [-0.3, -0.25) is 4.90 Å². The lowest BCUT2D eigenvalue weighted by Crippen LogP contribution is -2.60. The van der Waals surface area contributed by atoms with Crippen molar-refractivity contribution in [1.29, 1.82) is 0 Å². The van der Waals surface area contributed by atoms with E-state index in [1.54, 1.807) is 0 Å². The molecule has 2 fully saturated rings. The lowest BCUT2D eigenvalue weighted by atomic mass is 9.84. The van der Waals surface area contributed by atoms with E-state index in [1.807, 2.05) is 0 Å². The molecule has 2 aliphatic rings. The summed E-state index contributed by atoms with van der Waals surface area (Å²) in [5.41, 5.74) is 0.380. The fraction of sp³-hybridized carbons (Fsp3) is 1.00. The van der Waals surface area contributed by atoms with Crippen LogP contribution in [0.1, 0.15) is 66.2 Å². The van der Waals surface area contributed by atoms with Crippen LogP contribution in [0.4, 0.5) is 0 Å². The molecule has 2 nitrogen and oxygen atoms in total. The maximum atomic E-state index is 3.81. The van der Waals surface area contributed by atoms with Gasteiger partial charge in [0, 0.05) is 31.7 Å². The SMILES string of the molecule is CCCC1CNC(C(C)(C)C)CN1CC1CCCC1. The Morgan fingerprint density at radius 2 is 1.84 bits per heavy atom. The Labute approximate surface area is 120 Å². The number of piperazine rings is 1. The number of hydrogen-bond acceptors (Lipinski definition) is 2. The van der Waals surface area contributed by atoms with Crippen LogP contribution in [0.5, 0.6) is 0 Å². The van der Waals surface area contributed by atoms with Gasteiger partial charge in [0.2, 0.25) is 0 Å². The Morgan fingerprint density at radius 1 is 1.16 bits per heavy atom. The molecule has 0 amide bonds. The zero-order valence-electron chi connectivity index (χ0n) is 13.5. The summed E-state index contributed by atoms with van der Waals surface area (Å²) in [6.07, 6.45) is 8.56. The molecule has 1 saturated carbocycles. The van der Waals surface area contributed by atoms with Gasteiger partial charge in [0.15, 0.2) is 0 Å². The summed E-state index contributed by atoms with van der Waals surface area (Å²) < 4.78 is 0. The quantitative estimate of drug-likeness (QED) is 0.835. The smallest absolute Gasteiger partial charge is 0.0244 e. The molecule has 0 radical (unpaired) electrons. The van der Waals surface area contributed by atoms with Crippen molar-refractivity contribution in [3.05, 3.63) is 0 Å². The second-order valence-electron chi connectivity index (χ2n) is 7.87. The maximum absolute atomic E-state index is 3.81. The van der Waals surface area contributed by atoms with Crippen LogP contribution < -0.4 is 5.32 Å². The first-order chi connectivity index (χ1) is 9.00. The molecule has 1 aliphatic carbocycles. The van der Waals surface area contributed by atoms with Gasteiger partial charge < -0.3 is 5.32 Å². The van der Waals surface area contributed by atoms with Crippen molar-refractivity contribution >= 4 is 0 Å². The van der Waals surface area contributed by atoms with Gasteiger partial charge in [0.1, 0.15) is 0 Å². The molecule has 2 unspecified atom stereocenters. The Balaban J connectivity index is 1.95. The topological polar surface area (TPSA) is 15.3 Å². The molecule has 0 aromatic rings. The van der Waals surface area contributed by atoms with Crippen LogP contribution in [0.3, 0.4) is 0 Å². The minimum Gasteiger partial charge on any atom is -0.311 e. The molecule has 1 aliphatic heterocycles. The van der Waals surface area contributed by atoms with Crippen LogP contribution in [-0.2, 0) is 0 Å². The summed E-state index contributed by atoms with van der Waals surface area (Å²) in [6, 6.07) is 1.44. The predicted octanol–water partition coefficient (Wildman–Crippen LogP) is 3.67. The normalized spacial score (nSPS) is 30.9. The molecule has 2 rings (SSSR count). The number of nitrogens with one attached hydrogen (secondary N) is 1. The van der Waals surface area contributed by atoms with Gasteiger partial charge in [0.25, 0.3) is 0 Å². The highest BCUT2D eigenvalue weighted by Gasteiger charge is 2.34. The molecular formula is C17H34N2. The largest absolute Gasteiger partial charge is 0.311 e. The third-order valence-corrected chi connectivity index (χ3v) is 5.17. The summed E-state index contributed by atoms with van der Waals surface area (Å²) in [4.78, 5) is 2.83. The monoisotopic (exact) mass is 266 g/mol. The van der Waals surface area contributed by atoms with Crippen molar-refractivity contribution in [2.75, 3.05) is 19.6 Å². The lowest BCUT2D eigenvalue weighted by molar-refractivity contribution is 0.0680. The number of hydrogen-bond donors (Lipinski definition) is 1. The van der Waals surface area contributed by atoms with E-state index in [0.717, 1.165) is 12.0 Å². The molecule has 0 bridgehead atoms. The maximum Gasteiger partial charge on any atom is 0.0244 e. The third kappa shape index (κ3) is 4.19. The number of rotatable bonds is 4. The van der Waals surface area contributed by atoms with Crippen molar-refractivity contribution in [2.24, 2.45) is 11.3 Å². The van der Waals surface area contributed by atoms with Crippen LogP contribution in [-0.4, -0.2) is 36.6 Å². The molecule has 2 heteroatoms. The van der Waals surface area contributed by atoms with Gasteiger partial charge >= 0.3 is 0 Å². The Kier molecular flexibility index (Phi) is 5.30. The van der Waals surface area contributed by atoms with E-state index in [2.05, 4.69) is 37.9 Å². The Morgan fingerprint density at radius 3 is 2.42 bits per heavy atom. The summed E-state index contributed by atoms with van der Waals surface area (Å²) in [5.74, 6) is 0.984. The molecule has 2 atom stereocenters. The second kappa shape index (κ2) is 6.58. The van der Waals surface area contributed by atoms with Crippen molar-refractivity contribution in [1.82, 2.24) is 10.2 Å². The van der Waals surface area contributed by atoms with Gasteiger partial charge in [-0.25, -0.2) is 0 Å². The summed E-state index contributed by atoms with van der Waals surface area (Å²) in [6.45, 7) is 13.3. The first-order valence-electron chi connectivity index (χ1n) is 8.48. The summed E-state index contributed by atoms with van der Waals surface area (Å²) in [7, 11) is 0. The van der Waals surface area contributed by atoms with Gasteiger partial charge in [-0.15, -0.1) is 0 Å². The van der Waals surface area contributed by atoms with Crippen LogP contribution in [0, 0.1) is 11.3 Å². The van der Waals surface area contributed by atoms with E-state index in [4.69, 9.17) is 0 Å². The first kappa shape index (κ1) is 15.3. The fourth-order valence-corrected chi connectivity index (χ4v) is 3.80. The third-order valence-electron chi connectivity index (χ3n) is 5.17. The van der Waals surface area contributed by atoms with E-state index in [1.165, 1.54) is 58.2 Å². The molecule has 19 heavy (non-hydrogen) atoms. The van der Waals surface area contributed by atoms with E-state index in [0.29, 0.717) is 11.5 Å².